The zero-order valence-electron chi connectivity index (χ0n) is 18.2. The van der Waals surface area contributed by atoms with Crippen LogP contribution in [0.3, 0.4) is 0 Å². The minimum Gasteiger partial charge on any atom is -0.494 e. The molecule has 1 aliphatic carbocycles. The van der Waals surface area contributed by atoms with E-state index in [-0.39, 0.29) is 29.8 Å². The summed E-state index contributed by atoms with van der Waals surface area (Å²) in [4.78, 5) is 28.4. The quantitative estimate of drug-likeness (QED) is 0.309. The lowest BCUT2D eigenvalue weighted by Gasteiger charge is -2.11. The van der Waals surface area contributed by atoms with Gasteiger partial charge in [-0.3, -0.25) is 9.59 Å². The van der Waals surface area contributed by atoms with Crippen molar-refractivity contribution in [2.45, 2.75) is 31.9 Å². The van der Waals surface area contributed by atoms with Gasteiger partial charge in [-0.15, -0.1) is 0 Å². The number of fused-ring (bicyclic) bond motifs is 1. The fourth-order valence-electron chi connectivity index (χ4n) is 3.36. The number of hydrogen-bond donors (Lipinski definition) is 1. The van der Waals surface area contributed by atoms with Crippen molar-refractivity contribution in [2.24, 2.45) is 5.92 Å². The number of aromatic nitrogens is 1. The number of alkyl halides is 3. The number of carbonyl (C=O) groups excluding carboxylic acids is 2. The summed E-state index contributed by atoms with van der Waals surface area (Å²) >= 11 is 0. The van der Waals surface area contributed by atoms with Crippen LogP contribution in [0.25, 0.3) is 10.8 Å². The molecule has 0 atom stereocenters. The first kappa shape index (κ1) is 23.5. The maximum Gasteiger partial charge on any atom is 0.422 e. The normalized spacial score (nSPS) is 13.5. The summed E-state index contributed by atoms with van der Waals surface area (Å²) in [6.45, 7) is -1.02. The van der Waals surface area contributed by atoms with Crippen LogP contribution in [0.4, 0.5) is 19.0 Å². The molecule has 1 amide bonds. The molecule has 4 rings (SSSR count). The van der Waals surface area contributed by atoms with Gasteiger partial charge in [0.05, 0.1) is 6.61 Å². The number of benzene rings is 2. The van der Waals surface area contributed by atoms with E-state index in [1.54, 1.807) is 42.5 Å². The van der Waals surface area contributed by atoms with Gasteiger partial charge in [0.15, 0.2) is 12.4 Å². The van der Waals surface area contributed by atoms with Crippen molar-refractivity contribution < 1.29 is 32.2 Å². The number of nitrogens with zero attached hydrogens (tertiary/aromatic N) is 1. The smallest absolute Gasteiger partial charge is 0.422 e. The van der Waals surface area contributed by atoms with Gasteiger partial charge in [0.1, 0.15) is 17.3 Å². The van der Waals surface area contributed by atoms with E-state index in [9.17, 15) is 22.8 Å². The molecule has 1 aromatic heterocycles. The largest absolute Gasteiger partial charge is 0.494 e. The third-order valence-electron chi connectivity index (χ3n) is 5.28. The molecule has 0 unspecified atom stereocenters. The lowest BCUT2D eigenvalue weighted by atomic mass is 10.1. The van der Waals surface area contributed by atoms with Crippen LogP contribution >= 0.6 is 0 Å². The molecule has 1 aliphatic rings. The molecule has 1 N–H and O–H groups in total. The topological polar surface area (TPSA) is 77.5 Å². The highest BCUT2D eigenvalue weighted by atomic mass is 19.4. The molecule has 3 aromatic rings. The molecular weight excluding hydrogens is 449 g/mol. The summed E-state index contributed by atoms with van der Waals surface area (Å²) in [5.41, 5.74) is 0.482. The van der Waals surface area contributed by atoms with Gasteiger partial charge in [-0.05, 0) is 66.4 Å². The highest BCUT2D eigenvalue weighted by Crippen LogP contribution is 2.30. The fourth-order valence-corrected chi connectivity index (χ4v) is 3.36. The molecule has 178 valence electrons. The van der Waals surface area contributed by atoms with Gasteiger partial charge in [-0.2, -0.15) is 13.2 Å². The summed E-state index contributed by atoms with van der Waals surface area (Å²) in [7, 11) is 0. The zero-order chi connectivity index (χ0) is 24.1. The molecule has 9 heteroatoms. The number of ether oxygens (including phenoxy) is 2. The van der Waals surface area contributed by atoms with Crippen LogP contribution in [0.1, 0.15) is 36.0 Å². The Labute approximate surface area is 194 Å². The van der Waals surface area contributed by atoms with E-state index >= 15 is 0 Å². The Morgan fingerprint density at radius 2 is 1.65 bits per heavy atom. The molecule has 0 spiro atoms. The lowest BCUT2D eigenvalue weighted by Crippen LogP contribution is -2.19. The van der Waals surface area contributed by atoms with E-state index < -0.39 is 12.8 Å². The standard InChI is InChI=1S/C25H23F3N2O4/c26-25(27,28)15-34-21-8-6-17-12-20(7-5-18(17)13-21)33-11-1-2-22(31)19-9-10-29-23(14-19)30-24(32)16-3-4-16/h5-10,12-14,16H,1-4,11,15H2,(H,29,30,32). The van der Waals surface area contributed by atoms with Crippen molar-refractivity contribution in [2.75, 3.05) is 18.5 Å². The van der Waals surface area contributed by atoms with Gasteiger partial charge in [0.25, 0.3) is 0 Å². The molecular formula is C25H23F3N2O4. The van der Waals surface area contributed by atoms with Gasteiger partial charge in [0.2, 0.25) is 5.91 Å². The fraction of sp³-hybridized carbons (Fsp3) is 0.320. The van der Waals surface area contributed by atoms with Crippen LogP contribution in [-0.4, -0.2) is 36.1 Å². The van der Waals surface area contributed by atoms with Crippen LogP contribution in [0.2, 0.25) is 0 Å². The molecule has 0 bridgehead atoms. The molecule has 34 heavy (non-hydrogen) atoms. The molecule has 0 radical (unpaired) electrons. The molecule has 1 heterocycles. The second-order valence-corrected chi connectivity index (χ2v) is 8.14. The summed E-state index contributed by atoms with van der Waals surface area (Å²) in [5.74, 6) is 1.03. The average Bonchev–Trinajstić information content (AvgIpc) is 3.65. The number of anilines is 1. The van der Waals surface area contributed by atoms with E-state index in [2.05, 4.69) is 10.3 Å². The summed E-state index contributed by atoms with van der Waals surface area (Å²) in [6.07, 6.45) is -0.348. The number of hydrogen-bond acceptors (Lipinski definition) is 5. The van der Waals surface area contributed by atoms with Crippen LogP contribution < -0.4 is 14.8 Å². The van der Waals surface area contributed by atoms with E-state index in [0.717, 1.165) is 23.6 Å². The number of halogens is 3. The number of nitrogens with one attached hydrogen (secondary N) is 1. The summed E-state index contributed by atoms with van der Waals surface area (Å²) in [5, 5.41) is 4.26. The Bertz CT molecular complexity index is 1190. The first-order chi connectivity index (χ1) is 16.3. The highest BCUT2D eigenvalue weighted by Gasteiger charge is 2.30. The van der Waals surface area contributed by atoms with E-state index in [4.69, 9.17) is 9.47 Å². The Morgan fingerprint density at radius 3 is 2.29 bits per heavy atom. The summed E-state index contributed by atoms with van der Waals surface area (Å²) < 4.78 is 47.4. The number of rotatable bonds is 10. The highest BCUT2D eigenvalue weighted by molar-refractivity contribution is 5.98. The molecule has 0 saturated heterocycles. The number of ketones is 1. The number of pyridine rings is 1. The van der Waals surface area contributed by atoms with Gasteiger partial charge < -0.3 is 14.8 Å². The minimum absolute atomic E-state index is 0.0539. The molecule has 1 saturated carbocycles. The van der Waals surface area contributed by atoms with Crippen molar-refractivity contribution in [3.05, 3.63) is 60.3 Å². The van der Waals surface area contributed by atoms with Crippen LogP contribution in [-0.2, 0) is 4.79 Å². The minimum atomic E-state index is -4.39. The van der Waals surface area contributed by atoms with Gasteiger partial charge in [-0.25, -0.2) is 4.98 Å². The monoisotopic (exact) mass is 472 g/mol. The number of amides is 1. The Kier molecular flexibility index (Phi) is 7.00. The molecule has 2 aromatic carbocycles. The van der Waals surface area contributed by atoms with Gasteiger partial charge in [0, 0.05) is 24.1 Å². The van der Waals surface area contributed by atoms with E-state index in [1.807, 2.05) is 0 Å². The maximum absolute atomic E-state index is 12.5. The van der Waals surface area contributed by atoms with Gasteiger partial charge in [-0.1, -0.05) is 12.1 Å². The Morgan fingerprint density at radius 1 is 0.971 bits per heavy atom. The second kappa shape index (κ2) is 10.1. The number of carbonyl (C=O) groups is 2. The molecule has 0 aliphatic heterocycles. The lowest BCUT2D eigenvalue weighted by molar-refractivity contribution is -0.153. The predicted octanol–water partition coefficient (Wildman–Crippen LogP) is 5.57. The average molecular weight is 472 g/mol. The number of Topliss-reactive ketones (excluding diaryl/α,β-unsaturated/α-hetero) is 1. The second-order valence-electron chi connectivity index (χ2n) is 8.14. The van der Waals surface area contributed by atoms with E-state index in [1.165, 1.54) is 12.3 Å². The molecule has 1 fully saturated rings. The van der Waals surface area contributed by atoms with Crippen LogP contribution in [0.5, 0.6) is 11.5 Å². The third kappa shape index (κ3) is 6.69. The van der Waals surface area contributed by atoms with Crippen LogP contribution in [0, 0.1) is 5.92 Å². The van der Waals surface area contributed by atoms with Crippen molar-refractivity contribution in [1.29, 1.82) is 0 Å². The van der Waals surface area contributed by atoms with Crippen molar-refractivity contribution in [1.82, 2.24) is 4.98 Å². The Balaban J connectivity index is 1.25. The van der Waals surface area contributed by atoms with Crippen molar-refractivity contribution >= 4 is 28.3 Å². The zero-order valence-corrected chi connectivity index (χ0v) is 18.2. The van der Waals surface area contributed by atoms with Crippen molar-refractivity contribution in [3.63, 3.8) is 0 Å². The summed E-state index contributed by atoms with van der Waals surface area (Å²) in [6, 6.07) is 13.1. The Hall–Kier alpha value is -3.62. The third-order valence-corrected chi connectivity index (χ3v) is 5.28. The maximum atomic E-state index is 12.5. The first-order valence-corrected chi connectivity index (χ1v) is 10.9. The molecule has 6 nitrogen and oxygen atoms in total. The van der Waals surface area contributed by atoms with E-state index in [0.29, 0.717) is 30.2 Å². The van der Waals surface area contributed by atoms with Crippen LogP contribution in [0.15, 0.2) is 54.7 Å². The SMILES string of the molecule is O=C(CCCOc1ccc2cc(OCC(F)(F)F)ccc2c1)c1ccnc(NC(=O)C2CC2)c1. The van der Waals surface area contributed by atoms with Gasteiger partial charge >= 0.3 is 6.18 Å². The first-order valence-electron chi connectivity index (χ1n) is 10.9. The predicted molar refractivity (Wildman–Crippen MR) is 120 cm³/mol. The van der Waals surface area contributed by atoms with Crippen molar-refractivity contribution in [3.8, 4) is 11.5 Å².